The van der Waals surface area contributed by atoms with Gasteiger partial charge in [0.2, 0.25) is 0 Å². The molecule has 1 N–H and O–H groups in total. The zero-order valence-corrected chi connectivity index (χ0v) is 12.3. The smallest absolute Gasteiger partial charge is 0.0858 e. The van der Waals surface area contributed by atoms with Crippen LogP contribution in [0, 0.1) is 0 Å². The summed E-state index contributed by atoms with van der Waals surface area (Å²) in [6.07, 6.45) is 3.32. The molecule has 0 radical (unpaired) electrons. The first-order valence-corrected chi connectivity index (χ1v) is 7.09. The Labute approximate surface area is 128 Å². The number of hydrogen-bond donors (Lipinski definition) is 1. The highest BCUT2D eigenvalue weighted by Crippen LogP contribution is 2.25. The van der Waals surface area contributed by atoms with Crippen molar-refractivity contribution in [2.75, 3.05) is 5.32 Å². The number of hydrogen-bond acceptors (Lipinski definition) is 3. The van der Waals surface area contributed by atoms with Gasteiger partial charge in [0.15, 0.2) is 0 Å². The summed E-state index contributed by atoms with van der Waals surface area (Å²) in [4.78, 5) is 1.58. The fourth-order valence-corrected chi connectivity index (χ4v) is 2.49. The molecule has 1 aromatic heterocycles. The Bertz CT molecular complexity index is 707. The first kappa shape index (κ1) is 13.6. The third-order valence-electron chi connectivity index (χ3n) is 3.27. The molecule has 2 aromatic carbocycles. The number of rotatable bonds is 4. The van der Waals surface area contributed by atoms with Gasteiger partial charge in [-0.15, -0.1) is 0 Å². The largest absolute Gasteiger partial charge is 0.378 e. The standard InChI is InChI=1S/C16H15ClN4/c1-12(15-4-2-3-5-16(15)17)20-13-6-8-14(9-7-13)21-18-10-11-19-21/h2-12,20H,1H3. The Balaban J connectivity index is 1.75. The van der Waals surface area contributed by atoms with Crippen LogP contribution in [-0.4, -0.2) is 15.0 Å². The summed E-state index contributed by atoms with van der Waals surface area (Å²) in [5.41, 5.74) is 3.03. The van der Waals surface area contributed by atoms with Gasteiger partial charge >= 0.3 is 0 Å². The molecule has 0 saturated heterocycles. The zero-order chi connectivity index (χ0) is 14.7. The summed E-state index contributed by atoms with van der Waals surface area (Å²) in [6.45, 7) is 2.09. The van der Waals surface area contributed by atoms with E-state index in [9.17, 15) is 0 Å². The number of nitrogens with zero attached hydrogens (tertiary/aromatic N) is 3. The molecule has 1 atom stereocenters. The van der Waals surface area contributed by atoms with Gasteiger partial charge in [-0.2, -0.15) is 15.0 Å². The van der Waals surface area contributed by atoms with Gasteiger partial charge in [-0.3, -0.25) is 0 Å². The number of nitrogens with one attached hydrogen (secondary N) is 1. The van der Waals surface area contributed by atoms with Gasteiger partial charge in [0, 0.05) is 16.8 Å². The van der Waals surface area contributed by atoms with E-state index in [0.717, 1.165) is 22.0 Å². The van der Waals surface area contributed by atoms with Crippen molar-refractivity contribution in [3.63, 3.8) is 0 Å². The van der Waals surface area contributed by atoms with Crippen molar-refractivity contribution in [2.24, 2.45) is 0 Å². The van der Waals surface area contributed by atoms with Crippen LogP contribution in [0.2, 0.25) is 5.02 Å². The number of benzene rings is 2. The predicted octanol–water partition coefficient (Wildman–Crippen LogP) is 4.09. The van der Waals surface area contributed by atoms with Crippen molar-refractivity contribution in [2.45, 2.75) is 13.0 Å². The van der Waals surface area contributed by atoms with Crippen LogP contribution in [0.1, 0.15) is 18.5 Å². The number of aromatic nitrogens is 3. The summed E-state index contributed by atoms with van der Waals surface area (Å²) >= 11 is 6.22. The number of anilines is 1. The van der Waals surface area contributed by atoms with E-state index in [1.165, 1.54) is 0 Å². The Morgan fingerprint density at radius 2 is 1.67 bits per heavy atom. The van der Waals surface area contributed by atoms with E-state index in [1.54, 1.807) is 17.2 Å². The normalized spacial score (nSPS) is 12.1. The maximum Gasteiger partial charge on any atom is 0.0858 e. The molecule has 1 unspecified atom stereocenters. The lowest BCUT2D eigenvalue weighted by molar-refractivity contribution is 0.752. The van der Waals surface area contributed by atoms with Crippen LogP contribution in [-0.2, 0) is 0 Å². The highest BCUT2D eigenvalue weighted by Gasteiger charge is 2.08. The predicted molar refractivity (Wildman–Crippen MR) is 84.8 cm³/mol. The van der Waals surface area contributed by atoms with Gasteiger partial charge in [0.1, 0.15) is 0 Å². The molecule has 0 aliphatic rings. The van der Waals surface area contributed by atoms with Crippen LogP contribution >= 0.6 is 11.6 Å². The van der Waals surface area contributed by atoms with E-state index in [1.807, 2.05) is 48.5 Å². The minimum atomic E-state index is 0.132. The Morgan fingerprint density at radius 3 is 2.33 bits per heavy atom. The van der Waals surface area contributed by atoms with Crippen LogP contribution in [0.15, 0.2) is 60.9 Å². The summed E-state index contributed by atoms with van der Waals surface area (Å²) in [6, 6.07) is 16.0. The molecule has 0 saturated carbocycles. The van der Waals surface area contributed by atoms with Gasteiger partial charge in [0.25, 0.3) is 0 Å². The van der Waals surface area contributed by atoms with Gasteiger partial charge in [-0.05, 0) is 42.8 Å². The van der Waals surface area contributed by atoms with Gasteiger partial charge < -0.3 is 5.32 Å². The molecule has 0 fully saturated rings. The van der Waals surface area contributed by atoms with Crippen molar-refractivity contribution in [1.29, 1.82) is 0 Å². The Kier molecular flexibility index (Phi) is 3.88. The summed E-state index contributed by atoms with van der Waals surface area (Å²) in [5.74, 6) is 0. The SMILES string of the molecule is CC(Nc1ccc(-n2nccn2)cc1)c1ccccc1Cl. The second-order valence-corrected chi connectivity index (χ2v) is 5.16. The molecule has 0 aliphatic heterocycles. The van der Waals surface area contributed by atoms with Crippen LogP contribution in [0.25, 0.3) is 5.69 Å². The van der Waals surface area contributed by atoms with E-state index in [4.69, 9.17) is 11.6 Å². The first-order valence-electron chi connectivity index (χ1n) is 6.72. The summed E-state index contributed by atoms with van der Waals surface area (Å²) < 4.78 is 0. The Hall–Kier alpha value is -2.33. The molecule has 0 amide bonds. The average molecular weight is 299 g/mol. The van der Waals surface area contributed by atoms with Crippen molar-refractivity contribution in [3.05, 3.63) is 71.5 Å². The molecular weight excluding hydrogens is 284 g/mol. The van der Waals surface area contributed by atoms with E-state index in [0.29, 0.717) is 0 Å². The van der Waals surface area contributed by atoms with Crippen molar-refractivity contribution < 1.29 is 0 Å². The second kappa shape index (κ2) is 5.97. The molecule has 3 rings (SSSR count). The molecule has 5 heteroatoms. The van der Waals surface area contributed by atoms with Crippen molar-refractivity contribution in [1.82, 2.24) is 15.0 Å². The van der Waals surface area contributed by atoms with Gasteiger partial charge in [0.05, 0.1) is 18.1 Å². The molecule has 0 spiro atoms. The van der Waals surface area contributed by atoms with E-state index < -0.39 is 0 Å². The number of halogens is 1. The molecule has 21 heavy (non-hydrogen) atoms. The molecular formula is C16H15ClN4. The fraction of sp³-hybridized carbons (Fsp3) is 0.125. The maximum absolute atomic E-state index is 6.22. The van der Waals surface area contributed by atoms with Crippen LogP contribution in [0.5, 0.6) is 0 Å². The fourth-order valence-electron chi connectivity index (χ4n) is 2.19. The van der Waals surface area contributed by atoms with Gasteiger partial charge in [-0.1, -0.05) is 29.8 Å². The second-order valence-electron chi connectivity index (χ2n) is 4.75. The third-order valence-corrected chi connectivity index (χ3v) is 3.62. The average Bonchev–Trinajstić information content (AvgIpc) is 3.02. The van der Waals surface area contributed by atoms with E-state index in [2.05, 4.69) is 22.4 Å². The molecule has 106 valence electrons. The highest BCUT2D eigenvalue weighted by atomic mass is 35.5. The summed E-state index contributed by atoms with van der Waals surface area (Å²) in [5, 5.41) is 12.4. The molecule has 0 aliphatic carbocycles. The lowest BCUT2D eigenvalue weighted by Crippen LogP contribution is -2.07. The van der Waals surface area contributed by atoms with Crippen molar-refractivity contribution in [3.8, 4) is 5.69 Å². The third kappa shape index (κ3) is 3.06. The molecule has 1 heterocycles. The molecule has 0 bridgehead atoms. The lowest BCUT2D eigenvalue weighted by Gasteiger charge is -2.17. The van der Waals surface area contributed by atoms with E-state index >= 15 is 0 Å². The lowest BCUT2D eigenvalue weighted by atomic mass is 10.1. The Morgan fingerprint density at radius 1 is 1.00 bits per heavy atom. The minimum absolute atomic E-state index is 0.132. The zero-order valence-electron chi connectivity index (χ0n) is 11.6. The quantitative estimate of drug-likeness (QED) is 0.789. The summed E-state index contributed by atoms with van der Waals surface area (Å²) in [7, 11) is 0. The van der Waals surface area contributed by atoms with Crippen LogP contribution < -0.4 is 5.32 Å². The van der Waals surface area contributed by atoms with E-state index in [-0.39, 0.29) is 6.04 Å². The molecule has 3 aromatic rings. The molecule has 4 nitrogen and oxygen atoms in total. The van der Waals surface area contributed by atoms with Crippen LogP contribution in [0.3, 0.4) is 0 Å². The monoisotopic (exact) mass is 298 g/mol. The maximum atomic E-state index is 6.22. The minimum Gasteiger partial charge on any atom is -0.378 e. The topological polar surface area (TPSA) is 42.7 Å². The van der Waals surface area contributed by atoms with Crippen LogP contribution in [0.4, 0.5) is 5.69 Å². The highest BCUT2D eigenvalue weighted by molar-refractivity contribution is 6.31. The van der Waals surface area contributed by atoms with Gasteiger partial charge in [-0.25, -0.2) is 0 Å². The first-order chi connectivity index (χ1) is 10.2. The van der Waals surface area contributed by atoms with Crippen molar-refractivity contribution >= 4 is 17.3 Å².